The summed E-state index contributed by atoms with van der Waals surface area (Å²) in [6.07, 6.45) is 3.59. The highest BCUT2D eigenvalue weighted by Crippen LogP contribution is 2.30. The normalized spacial score (nSPS) is 17.2. The number of nitrogens with zero attached hydrogens (tertiary/aromatic N) is 1. The van der Waals surface area contributed by atoms with E-state index in [-0.39, 0.29) is 6.03 Å². The summed E-state index contributed by atoms with van der Waals surface area (Å²) in [5.41, 5.74) is 6.21. The molecule has 2 rings (SSSR count). The molecule has 4 N–H and O–H groups in total. The fourth-order valence-electron chi connectivity index (χ4n) is 2.54. The summed E-state index contributed by atoms with van der Waals surface area (Å²) in [7, 11) is 1.69. The van der Waals surface area contributed by atoms with E-state index in [1.54, 1.807) is 31.3 Å². The zero-order valence-corrected chi connectivity index (χ0v) is 11.2. The fourth-order valence-corrected chi connectivity index (χ4v) is 2.54. The molecule has 1 aliphatic rings. The largest absolute Gasteiger partial charge is 0.399 e. The van der Waals surface area contributed by atoms with E-state index in [1.807, 2.05) is 0 Å². The number of nitrogens with one attached hydrogen (secondary N) is 1. The van der Waals surface area contributed by atoms with E-state index in [2.05, 4.69) is 5.32 Å². The number of hydrogen-bond donors (Lipinski definition) is 3. The molecule has 0 spiro atoms. The monoisotopic (exact) mass is 263 g/mol. The van der Waals surface area contributed by atoms with Gasteiger partial charge < -0.3 is 21.1 Å². The lowest BCUT2D eigenvalue weighted by molar-refractivity contribution is 0.0262. The van der Waals surface area contributed by atoms with Gasteiger partial charge in [0.2, 0.25) is 0 Å². The molecule has 0 atom stereocenters. The van der Waals surface area contributed by atoms with Crippen molar-refractivity contribution < 1.29 is 9.90 Å². The van der Waals surface area contributed by atoms with Gasteiger partial charge in [0.15, 0.2) is 0 Å². The molecule has 1 aliphatic carbocycles. The summed E-state index contributed by atoms with van der Waals surface area (Å²) in [6.45, 7) is 0.362. The van der Waals surface area contributed by atoms with E-state index >= 15 is 0 Å². The van der Waals surface area contributed by atoms with Crippen molar-refractivity contribution in [1.82, 2.24) is 4.90 Å². The van der Waals surface area contributed by atoms with E-state index in [0.717, 1.165) is 25.7 Å². The molecule has 0 aromatic heterocycles. The van der Waals surface area contributed by atoms with Crippen molar-refractivity contribution in [3.05, 3.63) is 24.3 Å². The molecule has 1 aromatic carbocycles. The summed E-state index contributed by atoms with van der Waals surface area (Å²) in [6, 6.07) is 6.81. The Morgan fingerprint density at radius 1 is 1.47 bits per heavy atom. The minimum atomic E-state index is -0.720. The minimum absolute atomic E-state index is 0.231. The highest BCUT2D eigenvalue weighted by molar-refractivity contribution is 5.89. The molecule has 1 aromatic rings. The van der Waals surface area contributed by atoms with E-state index < -0.39 is 5.60 Å². The molecule has 0 aliphatic heterocycles. The summed E-state index contributed by atoms with van der Waals surface area (Å²) in [5.74, 6) is 0. The summed E-state index contributed by atoms with van der Waals surface area (Å²) >= 11 is 0. The fraction of sp³-hybridized carbons (Fsp3) is 0.500. The Kier molecular flexibility index (Phi) is 3.95. The lowest BCUT2D eigenvalue weighted by Gasteiger charge is -2.28. The number of urea groups is 1. The van der Waals surface area contributed by atoms with Gasteiger partial charge in [0, 0.05) is 18.4 Å². The molecule has 2 amide bonds. The quantitative estimate of drug-likeness (QED) is 0.730. The van der Waals surface area contributed by atoms with Gasteiger partial charge >= 0.3 is 6.03 Å². The van der Waals surface area contributed by atoms with E-state index in [4.69, 9.17) is 5.73 Å². The van der Waals surface area contributed by atoms with Crippen molar-refractivity contribution in [3.63, 3.8) is 0 Å². The molecule has 0 saturated heterocycles. The Morgan fingerprint density at radius 3 is 2.79 bits per heavy atom. The summed E-state index contributed by atoms with van der Waals surface area (Å²) < 4.78 is 0. The zero-order valence-electron chi connectivity index (χ0n) is 11.2. The second-order valence-electron chi connectivity index (χ2n) is 5.34. The molecule has 0 bridgehead atoms. The Morgan fingerprint density at radius 2 is 2.16 bits per heavy atom. The minimum Gasteiger partial charge on any atom is -0.399 e. The van der Waals surface area contributed by atoms with Crippen LogP contribution in [0.2, 0.25) is 0 Å². The summed E-state index contributed by atoms with van der Waals surface area (Å²) in [5, 5.41) is 13.0. The van der Waals surface area contributed by atoms with Crippen molar-refractivity contribution in [1.29, 1.82) is 0 Å². The van der Waals surface area contributed by atoms with Crippen LogP contribution in [-0.2, 0) is 0 Å². The van der Waals surface area contributed by atoms with Crippen LogP contribution in [0.5, 0.6) is 0 Å². The predicted octanol–water partition coefficient (Wildman–Crippen LogP) is 2.04. The van der Waals surface area contributed by atoms with Gasteiger partial charge in [-0.05, 0) is 31.0 Å². The Labute approximate surface area is 113 Å². The molecule has 1 saturated carbocycles. The average molecular weight is 263 g/mol. The van der Waals surface area contributed by atoms with Crippen LogP contribution < -0.4 is 11.1 Å². The number of amides is 2. The van der Waals surface area contributed by atoms with Gasteiger partial charge in [0.25, 0.3) is 0 Å². The molecular weight excluding hydrogens is 242 g/mol. The Balaban J connectivity index is 1.92. The van der Waals surface area contributed by atoms with Crippen molar-refractivity contribution in [2.45, 2.75) is 31.3 Å². The third-order valence-corrected chi connectivity index (χ3v) is 3.55. The second kappa shape index (κ2) is 5.48. The van der Waals surface area contributed by atoms with Crippen molar-refractivity contribution in [2.75, 3.05) is 24.6 Å². The lowest BCUT2D eigenvalue weighted by Crippen LogP contribution is -2.43. The molecule has 1 fully saturated rings. The first-order valence-corrected chi connectivity index (χ1v) is 6.59. The van der Waals surface area contributed by atoms with Gasteiger partial charge in [-0.3, -0.25) is 0 Å². The zero-order chi connectivity index (χ0) is 13.9. The highest BCUT2D eigenvalue weighted by atomic mass is 16.3. The molecule has 5 nitrogen and oxygen atoms in total. The smallest absolute Gasteiger partial charge is 0.321 e. The van der Waals surface area contributed by atoms with Crippen LogP contribution in [0.1, 0.15) is 25.7 Å². The predicted molar refractivity (Wildman–Crippen MR) is 75.9 cm³/mol. The van der Waals surface area contributed by atoms with Crippen LogP contribution in [0.4, 0.5) is 16.2 Å². The van der Waals surface area contributed by atoms with Gasteiger partial charge in [-0.15, -0.1) is 0 Å². The third-order valence-electron chi connectivity index (χ3n) is 3.55. The molecule has 5 heteroatoms. The number of nitrogens with two attached hydrogens (primary N) is 1. The molecule has 104 valence electrons. The summed E-state index contributed by atoms with van der Waals surface area (Å²) in [4.78, 5) is 13.5. The SMILES string of the molecule is CN(CC1(O)CCCC1)C(=O)Nc1cccc(N)c1. The average Bonchev–Trinajstić information content (AvgIpc) is 2.75. The van der Waals surface area contributed by atoms with Crippen molar-refractivity contribution in [3.8, 4) is 0 Å². The second-order valence-corrected chi connectivity index (χ2v) is 5.34. The van der Waals surface area contributed by atoms with E-state index in [1.165, 1.54) is 4.90 Å². The Bertz CT molecular complexity index is 456. The first kappa shape index (κ1) is 13.7. The number of nitrogen functional groups attached to an aromatic ring is 1. The maximum absolute atomic E-state index is 12.0. The molecule has 0 radical (unpaired) electrons. The maximum Gasteiger partial charge on any atom is 0.321 e. The van der Waals surface area contributed by atoms with E-state index in [9.17, 15) is 9.90 Å². The maximum atomic E-state index is 12.0. The Hall–Kier alpha value is -1.75. The molecular formula is C14H21N3O2. The first-order valence-electron chi connectivity index (χ1n) is 6.59. The van der Waals surface area contributed by atoms with Gasteiger partial charge in [0.1, 0.15) is 0 Å². The molecule has 19 heavy (non-hydrogen) atoms. The van der Waals surface area contributed by atoms with Gasteiger partial charge in [0.05, 0.1) is 12.1 Å². The van der Waals surface area contributed by atoms with E-state index in [0.29, 0.717) is 17.9 Å². The number of aliphatic hydroxyl groups is 1. The van der Waals surface area contributed by atoms with Gasteiger partial charge in [-0.2, -0.15) is 0 Å². The number of carbonyl (C=O) groups is 1. The van der Waals surface area contributed by atoms with Crippen LogP contribution in [0.15, 0.2) is 24.3 Å². The van der Waals surface area contributed by atoms with Crippen molar-refractivity contribution in [2.24, 2.45) is 0 Å². The topological polar surface area (TPSA) is 78.6 Å². The van der Waals surface area contributed by atoms with Crippen LogP contribution >= 0.6 is 0 Å². The number of rotatable bonds is 3. The highest BCUT2D eigenvalue weighted by Gasteiger charge is 2.33. The van der Waals surface area contributed by atoms with Gasteiger partial charge in [-0.1, -0.05) is 18.9 Å². The first-order chi connectivity index (χ1) is 8.98. The van der Waals surface area contributed by atoms with Crippen LogP contribution in [0.25, 0.3) is 0 Å². The number of carbonyl (C=O) groups excluding carboxylic acids is 1. The number of likely N-dealkylation sites (N-methyl/N-ethyl adjacent to an activating group) is 1. The van der Waals surface area contributed by atoms with Gasteiger partial charge in [-0.25, -0.2) is 4.79 Å². The standard InChI is InChI=1S/C14H21N3O2/c1-17(10-14(19)7-2-3-8-14)13(18)16-12-6-4-5-11(15)9-12/h4-6,9,19H,2-3,7-8,10,15H2,1H3,(H,16,18). The van der Waals surface area contributed by atoms with Crippen LogP contribution in [0, 0.1) is 0 Å². The number of benzene rings is 1. The van der Waals surface area contributed by atoms with Crippen LogP contribution in [0.3, 0.4) is 0 Å². The van der Waals surface area contributed by atoms with Crippen LogP contribution in [-0.4, -0.2) is 35.2 Å². The molecule has 0 unspecified atom stereocenters. The molecule has 0 heterocycles. The number of hydrogen-bond acceptors (Lipinski definition) is 3. The van der Waals surface area contributed by atoms with Crippen molar-refractivity contribution >= 4 is 17.4 Å². The number of anilines is 2. The lowest BCUT2D eigenvalue weighted by atomic mass is 10.0. The third kappa shape index (κ3) is 3.61.